The summed E-state index contributed by atoms with van der Waals surface area (Å²) in [6.07, 6.45) is 0. The van der Waals surface area contributed by atoms with Crippen molar-refractivity contribution in [1.29, 1.82) is 0 Å². The predicted octanol–water partition coefficient (Wildman–Crippen LogP) is 19.9. The van der Waals surface area contributed by atoms with Crippen LogP contribution >= 0.6 is 0 Å². The van der Waals surface area contributed by atoms with Gasteiger partial charge in [0.2, 0.25) is 0 Å². The molecule has 0 fully saturated rings. The molecule has 4 nitrogen and oxygen atoms in total. The van der Waals surface area contributed by atoms with Crippen LogP contribution in [-0.2, 0) is 5.41 Å². The van der Waals surface area contributed by atoms with Crippen molar-refractivity contribution in [2.45, 2.75) is 5.41 Å². The van der Waals surface area contributed by atoms with Gasteiger partial charge in [0.25, 0.3) is 0 Å². The number of fused-ring (bicyclic) bond motifs is 21. The molecule has 0 aliphatic heterocycles. The van der Waals surface area contributed by atoms with Crippen LogP contribution in [0.2, 0.25) is 0 Å². The number of hydrogen-bond donors (Lipinski definition) is 0. The highest BCUT2D eigenvalue weighted by Gasteiger charge is 2.53. The van der Waals surface area contributed by atoms with Crippen molar-refractivity contribution < 1.29 is 0 Å². The molecule has 0 saturated heterocycles. The van der Waals surface area contributed by atoms with E-state index >= 15 is 0 Å². The molecule has 0 amide bonds. The second-order valence-electron chi connectivity index (χ2n) is 21.9. The van der Waals surface area contributed by atoms with E-state index in [0.717, 1.165) is 50.7 Å². The first-order valence-electron chi connectivity index (χ1n) is 28.1. The van der Waals surface area contributed by atoms with E-state index in [1.165, 1.54) is 104 Å². The smallest absolute Gasteiger partial charge is 0.0726 e. The van der Waals surface area contributed by atoms with E-state index in [9.17, 15) is 0 Å². The van der Waals surface area contributed by atoms with Crippen LogP contribution in [0.4, 0.5) is 17.1 Å². The van der Waals surface area contributed by atoms with Gasteiger partial charge in [-0.3, -0.25) is 0 Å². The second kappa shape index (κ2) is 16.7. The van der Waals surface area contributed by atoms with E-state index < -0.39 is 5.41 Å². The largest absolute Gasteiger partial charge is 0.309 e. The van der Waals surface area contributed by atoms with Gasteiger partial charge in [-0.25, -0.2) is 0 Å². The van der Waals surface area contributed by atoms with Crippen LogP contribution in [-0.4, -0.2) is 13.7 Å². The Kier molecular flexibility index (Phi) is 9.12. The molecule has 2 aliphatic carbocycles. The van der Waals surface area contributed by atoms with Crippen LogP contribution in [0.15, 0.2) is 291 Å². The lowest BCUT2D eigenvalue weighted by atomic mass is 9.70. The fourth-order valence-electron chi connectivity index (χ4n) is 14.9. The summed E-state index contributed by atoms with van der Waals surface area (Å²) in [4.78, 5) is 2.61. The van der Waals surface area contributed by atoms with Crippen molar-refractivity contribution in [2.24, 2.45) is 0 Å². The summed E-state index contributed by atoms with van der Waals surface area (Å²) in [6, 6.07) is 109. The summed E-state index contributed by atoms with van der Waals surface area (Å²) < 4.78 is 7.36. The second-order valence-corrected chi connectivity index (χ2v) is 21.9. The molecule has 0 saturated carbocycles. The van der Waals surface area contributed by atoms with Crippen LogP contribution in [0.5, 0.6) is 0 Å². The van der Waals surface area contributed by atoms with Gasteiger partial charge in [-0.15, -0.1) is 0 Å². The highest BCUT2D eigenvalue weighted by Crippen LogP contribution is 2.66. The van der Waals surface area contributed by atoms with E-state index in [1.807, 2.05) is 0 Å². The van der Waals surface area contributed by atoms with Crippen LogP contribution < -0.4 is 4.90 Å². The molecule has 0 atom stereocenters. The number of benzene rings is 13. The Hall–Kier alpha value is -10.7. The number of para-hydroxylation sites is 5. The molecular weight excluding hydrogens is 981 g/mol. The monoisotopic (exact) mass is 1030 g/mol. The van der Waals surface area contributed by atoms with Gasteiger partial charge in [0.1, 0.15) is 0 Å². The van der Waals surface area contributed by atoms with Gasteiger partial charge in [0, 0.05) is 60.6 Å². The highest BCUT2D eigenvalue weighted by molar-refractivity contribution is 6.20. The first-order chi connectivity index (χ1) is 40.2. The molecule has 0 unspecified atom stereocenters. The van der Waals surface area contributed by atoms with Gasteiger partial charge in [0.15, 0.2) is 0 Å². The summed E-state index contributed by atoms with van der Waals surface area (Å²) >= 11 is 0. The van der Waals surface area contributed by atoms with E-state index in [0.29, 0.717) is 0 Å². The molecule has 0 radical (unpaired) electrons. The Balaban J connectivity index is 0.969. The van der Waals surface area contributed by atoms with Crippen molar-refractivity contribution in [2.75, 3.05) is 4.90 Å². The molecule has 16 aromatic rings. The van der Waals surface area contributed by atoms with E-state index in [2.05, 4.69) is 310 Å². The van der Waals surface area contributed by atoms with Crippen molar-refractivity contribution >= 4 is 93.3 Å². The maximum Gasteiger partial charge on any atom is 0.0726 e. The summed E-state index contributed by atoms with van der Waals surface area (Å²) in [5, 5.41) is 9.74. The van der Waals surface area contributed by atoms with E-state index in [-0.39, 0.29) is 0 Å². The molecule has 3 aromatic heterocycles. The number of rotatable bonds is 6. The van der Waals surface area contributed by atoms with Crippen molar-refractivity contribution in [3.8, 4) is 39.3 Å². The average molecular weight is 1030 g/mol. The SMILES string of the molecule is c1ccc(-n2c3ccccc3c3ccc(N(c4cccc5c4-c4c(ccc6ccccc46)C54c5ccccc5-c5ccccc54)c4cccc5c4c4ccccc4n5-c4ccc5c6ccccc6n(-c6ccccc6)c5c4)cc32)cc1. The Morgan fingerprint density at radius 1 is 0.259 bits per heavy atom. The van der Waals surface area contributed by atoms with Crippen molar-refractivity contribution in [3.63, 3.8) is 0 Å². The number of hydrogen-bond acceptors (Lipinski definition) is 1. The van der Waals surface area contributed by atoms with Crippen molar-refractivity contribution in [1.82, 2.24) is 13.7 Å². The van der Waals surface area contributed by atoms with Crippen LogP contribution in [0.1, 0.15) is 22.3 Å². The summed E-state index contributed by atoms with van der Waals surface area (Å²) in [5.41, 5.74) is 23.5. The number of nitrogens with zero attached hydrogens (tertiary/aromatic N) is 4. The van der Waals surface area contributed by atoms with Gasteiger partial charge in [-0.2, -0.15) is 0 Å². The third-order valence-electron chi connectivity index (χ3n) is 18.0. The lowest BCUT2D eigenvalue weighted by Crippen LogP contribution is -2.26. The lowest BCUT2D eigenvalue weighted by Gasteiger charge is -2.32. The predicted molar refractivity (Wildman–Crippen MR) is 338 cm³/mol. The number of anilines is 3. The average Bonchev–Trinajstić information content (AvgIpc) is 2.31. The van der Waals surface area contributed by atoms with Gasteiger partial charge in [0.05, 0.1) is 49.9 Å². The van der Waals surface area contributed by atoms with Crippen molar-refractivity contribution in [3.05, 3.63) is 313 Å². The van der Waals surface area contributed by atoms with Gasteiger partial charge in [-0.05, 0) is 135 Å². The molecular formula is C77H48N4. The van der Waals surface area contributed by atoms with Crippen LogP contribution in [0.25, 0.3) is 116 Å². The van der Waals surface area contributed by atoms with E-state index in [4.69, 9.17) is 0 Å². The third-order valence-corrected chi connectivity index (χ3v) is 18.0. The molecule has 1 spiro atoms. The lowest BCUT2D eigenvalue weighted by molar-refractivity contribution is 0.794. The molecule has 0 N–H and O–H groups in total. The first kappa shape index (κ1) is 44.3. The molecule has 4 heteroatoms. The molecule has 13 aromatic carbocycles. The standard InChI is InChI=1S/C77H48N4/c1-3-22-50(23-4-1)78-66-35-16-11-29-57(66)59-44-42-52(47-72(59)78)80-68-37-18-13-31-61(68)75-69(80)39-20-40-70(75)81(53-43-45-60-58-30-12-17-36-67(58)79(73(60)48-53)51-24-5-2-6-25-51)71-38-19-34-64-76(71)74-54-26-8-7-21-49(54)41-46-65(74)77(64)62-32-14-9-27-55(62)56-28-10-15-33-63(56)77/h1-48H. The number of aromatic nitrogens is 3. The zero-order valence-electron chi connectivity index (χ0n) is 44.0. The summed E-state index contributed by atoms with van der Waals surface area (Å²) in [7, 11) is 0. The fourth-order valence-corrected chi connectivity index (χ4v) is 14.9. The molecule has 18 rings (SSSR count). The Bertz CT molecular complexity index is 5260. The molecule has 3 heterocycles. The fraction of sp³-hybridized carbons (Fsp3) is 0.0130. The minimum Gasteiger partial charge on any atom is -0.309 e. The minimum absolute atomic E-state index is 0.559. The first-order valence-corrected chi connectivity index (χ1v) is 28.1. The van der Waals surface area contributed by atoms with Gasteiger partial charge < -0.3 is 18.6 Å². The maximum atomic E-state index is 2.61. The quantitative estimate of drug-likeness (QED) is 0.162. The van der Waals surface area contributed by atoms with E-state index in [1.54, 1.807) is 0 Å². The topological polar surface area (TPSA) is 18.0 Å². The van der Waals surface area contributed by atoms with Gasteiger partial charge in [-0.1, -0.05) is 206 Å². The van der Waals surface area contributed by atoms with Crippen LogP contribution in [0.3, 0.4) is 0 Å². The zero-order valence-corrected chi connectivity index (χ0v) is 44.0. The van der Waals surface area contributed by atoms with Gasteiger partial charge >= 0.3 is 0 Å². The molecule has 376 valence electrons. The Morgan fingerprint density at radius 2 is 0.728 bits per heavy atom. The summed E-state index contributed by atoms with van der Waals surface area (Å²) in [5.74, 6) is 0. The molecule has 2 aliphatic rings. The molecule has 81 heavy (non-hydrogen) atoms. The maximum absolute atomic E-state index is 2.61. The summed E-state index contributed by atoms with van der Waals surface area (Å²) in [6.45, 7) is 0. The Morgan fingerprint density at radius 3 is 1.41 bits per heavy atom. The third kappa shape index (κ3) is 5.92. The normalized spacial score (nSPS) is 13.0. The zero-order chi connectivity index (χ0) is 52.9. The molecule has 0 bridgehead atoms. The highest BCUT2D eigenvalue weighted by atomic mass is 15.2. The minimum atomic E-state index is -0.559. The van der Waals surface area contributed by atoms with Crippen LogP contribution in [0, 0.1) is 0 Å². The Labute approximate surface area is 467 Å².